The van der Waals surface area contributed by atoms with Crippen molar-refractivity contribution in [2.75, 3.05) is 6.61 Å². The summed E-state index contributed by atoms with van der Waals surface area (Å²) in [5, 5.41) is 0. The fourth-order valence-electron chi connectivity index (χ4n) is 2.00. The molecule has 0 amide bonds. The molecule has 3 nitrogen and oxygen atoms in total. The maximum Gasteiger partial charge on any atom is 0.319 e. The summed E-state index contributed by atoms with van der Waals surface area (Å²) in [4.78, 5) is 23.9. The highest BCUT2D eigenvalue weighted by atomic mass is 16.5. The molecule has 1 aromatic rings. The molecule has 1 aromatic carbocycles. The van der Waals surface area contributed by atoms with E-state index in [2.05, 4.69) is 0 Å². The molecule has 0 bridgehead atoms. The Labute approximate surface area is 115 Å². The van der Waals surface area contributed by atoms with Crippen LogP contribution in [0.2, 0.25) is 0 Å². The molecular formula is C16H22O3. The van der Waals surface area contributed by atoms with Gasteiger partial charge in [0, 0.05) is 0 Å². The standard InChI is InChI=1S/C16H22O3/c1-6-19-15(18)16(5,13(4)17)10-14-9-11(2)7-8-12(14)3/h7-9H,6,10H2,1-5H3. The van der Waals surface area contributed by atoms with Crippen molar-refractivity contribution in [2.24, 2.45) is 5.41 Å². The van der Waals surface area contributed by atoms with Gasteiger partial charge in [0.05, 0.1) is 6.61 Å². The molecule has 19 heavy (non-hydrogen) atoms. The van der Waals surface area contributed by atoms with E-state index >= 15 is 0 Å². The Hall–Kier alpha value is -1.64. The summed E-state index contributed by atoms with van der Waals surface area (Å²) >= 11 is 0. The number of ketones is 1. The third-order valence-electron chi connectivity index (χ3n) is 3.55. The van der Waals surface area contributed by atoms with E-state index in [0.717, 1.165) is 16.7 Å². The van der Waals surface area contributed by atoms with Gasteiger partial charge in [0.1, 0.15) is 11.2 Å². The average molecular weight is 262 g/mol. The van der Waals surface area contributed by atoms with Crippen LogP contribution in [0.3, 0.4) is 0 Å². The lowest BCUT2D eigenvalue weighted by molar-refractivity contribution is -0.158. The molecule has 0 aliphatic rings. The van der Waals surface area contributed by atoms with Crippen molar-refractivity contribution in [3.05, 3.63) is 34.9 Å². The fraction of sp³-hybridized carbons (Fsp3) is 0.500. The van der Waals surface area contributed by atoms with Gasteiger partial charge in [0.15, 0.2) is 0 Å². The second-order valence-corrected chi connectivity index (χ2v) is 5.22. The number of Topliss-reactive ketones (excluding diaryl/α,β-unsaturated/α-hetero) is 1. The quantitative estimate of drug-likeness (QED) is 0.605. The van der Waals surface area contributed by atoms with E-state index in [1.54, 1.807) is 13.8 Å². The maximum atomic E-state index is 12.1. The van der Waals surface area contributed by atoms with Crippen LogP contribution in [0.5, 0.6) is 0 Å². The van der Waals surface area contributed by atoms with Gasteiger partial charge < -0.3 is 4.74 Å². The second-order valence-electron chi connectivity index (χ2n) is 5.22. The van der Waals surface area contributed by atoms with Gasteiger partial charge >= 0.3 is 5.97 Å². The average Bonchev–Trinajstić information content (AvgIpc) is 2.33. The molecule has 0 heterocycles. The molecule has 1 unspecified atom stereocenters. The molecule has 0 spiro atoms. The largest absolute Gasteiger partial charge is 0.465 e. The molecule has 0 saturated carbocycles. The number of hydrogen-bond donors (Lipinski definition) is 0. The number of aryl methyl sites for hydroxylation is 2. The lowest BCUT2D eigenvalue weighted by Crippen LogP contribution is -2.38. The first kappa shape index (κ1) is 15.4. The van der Waals surface area contributed by atoms with Gasteiger partial charge in [0.25, 0.3) is 0 Å². The van der Waals surface area contributed by atoms with Gasteiger partial charge in [-0.25, -0.2) is 0 Å². The first-order chi connectivity index (χ1) is 8.81. The second kappa shape index (κ2) is 6.00. The molecule has 0 aromatic heterocycles. The van der Waals surface area contributed by atoms with Crippen molar-refractivity contribution < 1.29 is 14.3 Å². The highest BCUT2D eigenvalue weighted by Gasteiger charge is 2.40. The summed E-state index contributed by atoms with van der Waals surface area (Å²) in [6.07, 6.45) is 0.384. The summed E-state index contributed by atoms with van der Waals surface area (Å²) in [5.41, 5.74) is 2.12. The van der Waals surface area contributed by atoms with Crippen LogP contribution in [0.15, 0.2) is 18.2 Å². The van der Waals surface area contributed by atoms with Gasteiger partial charge in [-0.15, -0.1) is 0 Å². The zero-order valence-electron chi connectivity index (χ0n) is 12.4. The van der Waals surface area contributed by atoms with Gasteiger partial charge in [0.2, 0.25) is 0 Å². The topological polar surface area (TPSA) is 43.4 Å². The normalized spacial score (nSPS) is 13.7. The Morgan fingerprint density at radius 2 is 1.89 bits per heavy atom. The first-order valence-electron chi connectivity index (χ1n) is 6.55. The molecule has 0 aliphatic heterocycles. The first-order valence-corrected chi connectivity index (χ1v) is 6.55. The Bertz CT molecular complexity index is 491. The van der Waals surface area contributed by atoms with E-state index < -0.39 is 11.4 Å². The van der Waals surface area contributed by atoms with Crippen molar-refractivity contribution in [3.63, 3.8) is 0 Å². The highest BCUT2D eigenvalue weighted by molar-refractivity contribution is 6.02. The fourth-order valence-corrected chi connectivity index (χ4v) is 2.00. The van der Waals surface area contributed by atoms with Crippen LogP contribution >= 0.6 is 0 Å². The smallest absolute Gasteiger partial charge is 0.319 e. The lowest BCUT2D eigenvalue weighted by atomic mass is 9.79. The van der Waals surface area contributed by atoms with Crippen LogP contribution in [-0.4, -0.2) is 18.4 Å². The van der Waals surface area contributed by atoms with Gasteiger partial charge in [-0.2, -0.15) is 0 Å². The third-order valence-corrected chi connectivity index (χ3v) is 3.55. The number of esters is 1. The van der Waals surface area contributed by atoms with Gasteiger partial charge in [-0.1, -0.05) is 23.8 Å². The predicted molar refractivity (Wildman–Crippen MR) is 75.0 cm³/mol. The third kappa shape index (κ3) is 3.43. The number of carbonyl (C=O) groups excluding carboxylic acids is 2. The van der Waals surface area contributed by atoms with Crippen molar-refractivity contribution in [1.29, 1.82) is 0 Å². The van der Waals surface area contributed by atoms with Crippen molar-refractivity contribution >= 4 is 11.8 Å². The van der Waals surface area contributed by atoms with Crippen LogP contribution in [0, 0.1) is 19.3 Å². The molecule has 0 fully saturated rings. The maximum absolute atomic E-state index is 12.1. The molecule has 3 heteroatoms. The SMILES string of the molecule is CCOC(=O)C(C)(Cc1cc(C)ccc1C)C(C)=O. The summed E-state index contributed by atoms with van der Waals surface area (Å²) in [6, 6.07) is 6.06. The number of benzene rings is 1. The predicted octanol–water partition coefficient (Wildman–Crippen LogP) is 3.00. The molecule has 1 atom stereocenters. The highest BCUT2D eigenvalue weighted by Crippen LogP contribution is 2.28. The minimum absolute atomic E-state index is 0.160. The minimum atomic E-state index is -1.10. The van der Waals surface area contributed by atoms with Crippen LogP contribution < -0.4 is 0 Å². The Balaban J connectivity index is 3.12. The molecule has 1 rings (SSSR count). The Morgan fingerprint density at radius 1 is 1.26 bits per heavy atom. The lowest BCUT2D eigenvalue weighted by Gasteiger charge is -2.25. The molecule has 104 valence electrons. The Morgan fingerprint density at radius 3 is 2.42 bits per heavy atom. The summed E-state index contributed by atoms with van der Waals surface area (Å²) in [6.45, 7) is 9.13. The van der Waals surface area contributed by atoms with E-state index in [0.29, 0.717) is 6.42 Å². The Kier molecular flexibility index (Phi) is 4.87. The number of carbonyl (C=O) groups is 2. The van der Waals surface area contributed by atoms with Crippen molar-refractivity contribution in [2.45, 2.75) is 41.0 Å². The van der Waals surface area contributed by atoms with E-state index in [9.17, 15) is 9.59 Å². The molecule has 0 saturated heterocycles. The van der Waals surface area contributed by atoms with E-state index in [1.165, 1.54) is 6.92 Å². The van der Waals surface area contributed by atoms with E-state index in [1.807, 2.05) is 32.0 Å². The van der Waals surface area contributed by atoms with E-state index in [4.69, 9.17) is 4.74 Å². The minimum Gasteiger partial charge on any atom is -0.465 e. The molecular weight excluding hydrogens is 240 g/mol. The van der Waals surface area contributed by atoms with Gasteiger partial charge in [-0.3, -0.25) is 9.59 Å². The summed E-state index contributed by atoms with van der Waals surface area (Å²) in [7, 11) is 0. The van der Waals surface area contributed by atoms with Crippen molar-refractivity contribution in [3.8, 4) is 0 Å². The van der Waals surface area contributed by atoms with Crippen LogP contribution in [0.25, 0.3) is 0 Å². The zero-order chi connectivity index (χ0) is 14.6. The number of rotatable bonds is 5. The number of hydrogen-bond acceptors (Lipinski definition) is 3. The molecule has 0 N–H and O–H groups in total. The zero-order valence-corrected chi connectivity index (χ0v) is 12.4. The monoisotopic (exact) mass is 262 g/mol. The van der Waals surface area contributed by atoms with Crippen molar-refractivity contribution in [1.82, 2.24) is 0 Å². The van der Waals surface area contributed by atoms with E-state index in [-0.39, 0.29) is 12.4 Å². The molecule has 0 radical (unpaired) electrons. The molecule has 0 aliphatic carbocycles. The summed E-state index contributed by atoms with van der Waals surface area (Å²) in [5.74, 6) is -0.602. The van der Waals surface area contributed by atoms with Crippen LogP contribution in [0.4, 0.5) is 0 Å². The van der Waals surface area contributed by atoms with Gasteiger partial charge in [-0.05, 0) is 52.2 Å². The van der Waals surface area contributed by atoms with Crippen LogP contribution in [-0.2, 0) is 20.7 Å². The van der Waals surface area contributed by atoms with Crippen LogP contribution in [0.1, 0.15) is 37.5 Å². The number of ether oxygens (including phenoxy) is 1. The summed E-state index contributed by atoms with van der Waals surface area (Å²) < 4.78 is 5.05.